The normalized spacial score (nSPS) is 33.8. The SMILES string of the molecule is CCCC1CCC(N2CC=CC2)CC1. The molecule has 0 aromatic rings. The van der Waals surface area contributed by atoms with Crippen molar-refractivity contribution in [3.63, 3.8) is 0 Å². The van der Waals surface area contributed by atoms with Gasteiger partial charge in [-0.25, -0.2) is 0 Å². The van der Waals surface area contributed by atoms with Crippen molar-refractivity contribution in [3.05, 3.63) is 12.2 Å². The van der Waals surface area contributed by atoms with E-state index in [1.807, 2.05) is 0 Å². The van der Waals surface area contributed by atoms with Crippen LogP contribution in [0.4, 0.5) is 0 Å². The van der Waals surface area contributed by atoms with E-state index in [1.165, 1.54) is 51.6 Å². The first-order chi connectivity index (χ1) is 6.90. The molecule has 0 aromatic heterocycles. The lowest BCUT2D eigenvalue weighted by molar-refractivity contribution is 0.166. The number of hydrogen-bond acceptors (Lipinski definition) is 1. The van der Waals surface area contributed by atoms with Gasteiger partial charge in [-0.05, 0) is 31.6 Å². The Morgan fingerprint density at radius 1 is 1.07 bits per heavy atom. The predicted molar refractivity (Wildman–Crippen MR) is 61.4 cm³/mol. The highest BCUT2D eigenvalue weighted by atomic mass is 15.2. The maximum Gasteiger partial charge on any atom is 0.0169 e. The minimum absolute atomic E-state index is 0.901. The van der Waals surface area contributed by atoms with Gasteiger partial charge in [-0.2, -0.15) is 0 Å². The van der Waals surface area contributed by atoms with Gasteiger partial charge in [0.05, 0.1) is 0 Å². The van der Waals surface area contributed by atoms with E-state index in [0.29, 0.717) is 0 Å². The average molecular weight is 193 g/mol. The molecule has 0 amide bonds. The molecular formula is C13H23N. The molecule has 1 fully saturated rings. The largest absolute Gasteiger partial charge is 0.293 e. The third kappa shape index (κ3) is 2.38. The highest BCUT2D eigenvalue weighted by molar-refractivity contribution is 4.98. The van der Waals surface area contributed by atoms with E-state index in [-0.39, 0.29) is 0 Å². The van der Waals surface area contributed by atoms with Crippen LogP contribution < -0.4 is 0 Å². The number of nitrogens with zero attached hydrogens (tertiary/aromatic N) is 1. The second-order valence-electron chi connectivity index (χ2n) is 4.89. The van der Waals surface area contributed by atoms with Gasteiger partial charge in [-0.3, -0.25) is 4.90 Å². The number of rotatable bonds is 3. The quantitative estimate of drug-likeness (QED) is 0.622. The average Bonchev–Trinajstić information content (AvgIpc) is 2.72. The van der Waals surface area contributed by atoms with E-state index in [9.17, 15) is 0 Å². The monoisotopic (exact) mass is 193 g/mol. The molecule has 2 rings (SSSR count). The third-order valence-corrected chi connectivity index (χ3v) is 3.88. The molecule has 0 N–H and O–H groups in total. The molecule has 1 nitrogen and oxygen atoms in total. The molecule has 0 aromatic carbocycles. The van der Waals surface area contributed by atoms with Crippen LogP contribution in [0.2, 0.25) is 0 Å². The molecule has 2 aliphatic rings. The minimum Gasteiger partial charge on any atom is -0.293 e. The molecule has 1 saturated carbocycles. The molecule has 0 saturated heterocycles. The Hall–Kier alpha value is -0.300. The second-order valence-corrected chi connectivity index (χ2v) is 4.89. The Kier molecular flexibility index (Phi) is 3.63. The van der Waals surface area contributed by atoms with E-state index >= 15 is 0 Å². The van der Waals surface area contributed by atoms with Gasteiger partial charge in [0, 0.05) is 19.1 Å². The van der Waals surface area contributed by atoms with Crippen LogP contribution in [0.5, 0.6) is 0 Å². The van der Waals surface area contributed by atoms with Crippen molar-refractivity contribution in [3.8, 4) is 0 Å². The lowest BCUT2D eigenvalue weighted by Crippen LogP contribution is -2.36. The molecule has 1 heteroatoms. The highest BCUT2D eigenvalue weighted by Gasteiger charge is 2.25. The molecule has 0 radical (unpaired) electrons. The zero-order valence-electron chi connectivity index (χ0n) is 9.41. The van der Waals surface area contributed by atoms with Crippen LogP contribution in [-0.2, 0) is 0 Å². The van der Waals surface area contributed by atoms with Gasteiger partial charge in [0.2, 0.25) is 0 Å². The highest BCUT2D eigenvalue weighted by Crippen LogP contribution is 2.30. The summed E-state index contributed by atoms with van der Waals surface area (Å²) in [5, 5.41) is 0. The molecule has 0 spiro atoms. The third-order valence-electron chi connectivity index (χ3n) is 3.88. The molecule has 1 aliphatic carbocycles. The van der Waals surface area contributed by atoms with E-state index in [4.69, 9.17) is 0 Å². The molecule has 0 unspecified atom stereocenters. The van der Waals surface area contributed by atoms with Crippen LogP contribution in [0.1, 0.15) is 45.4 Å². The molecule has 0 atom stereocenters. The molecule has 1 aliphatic heterocycles. The fourth-order valence-corrected chi connectivity index (χ4v) is 3.00. The lowest BCUT2D eigenvalue weighted by atomic mass is 9.83. The molecule has 14 heavy (non-hydrogen) atoms. The predicted octanol–water partition coefficient (Wildman–Crippen LogP) is 3.22. The smallest absolute Gasteiger partial charge is 0.0169 e. The summed E-state index contributed by atoms with van der Waals surface area (Å²) in [6, 6.07) is 0.901. The summed E-state index contributed by atoms with van der Waals surface area (Å²) in [6.07, 6.45) is 13.3. The second kappa shape index (κ2) is 4.97. The summed E-state index contributed by atoms with van der Waals surface area (Å²) in [4.78, 5) is 2.64. The van der Waals surface area contributed by atoms with Crippen LogP contribution in [0, 0.1) is 5.92 Å². The van der Waals surface area contributed by atoms with Crippen LogP contribution in [0.3, 0.4) is 0 Å². The Balaban J connectivity index is 1.72. The van der Waals surface area contributed by atoms with Crippen molar-refractivity contribution in [2.45, 2.75) is 51.5 Å². The summed E-state index contributed by atoms with van der Waals surface area (Å²) < 4.78 is 0. The fourth-order valence-electron chi connectivity index (χ4n) is 3.00. The summed E-state index contributed by atoms with van der Waals surface area (Å²) in [5.74, 6) is 1.05. The minimum atomic E-state index is 0.901. The summed E-state index contributed by atoms with van der Waals surface area (Å²) in [5.41, 5.74) is 0. The van der Waals surface area contributed by atoms with Crippen LogP contribution in [0.25, 0.3) is 0 Å². The van der Waals surface area contributed by atoms with Gasteiger partial charge in [0.15, 0.2) is 0 Å². The Labute approximate surface area is 88.2 Å². The van der Waals surface area contributed by atoms with E-state index in [1.54, 1.807) is 0 Å². The first kappa shape index (κ1) is 10.2. The van der Waals surface area contributed by atoms with Gasteiger partial charge in [-0.1, -0.05) is 31.9 Å². The van der Waals surface area contributed by atoms with Crippen LogP contribution >= 0.6 is 0 Å². The van der Waals surface area contributed by atoms with Crippen molar-refractivity contribution in [1.82, 2.24) is 4.90 Å². The Morgan fingerprint density at radius 3 is 2.29 bits per heavy atom. The molecule has 1 heterocycles. The lowest BCUT2D eigenvalue weighted by Gasteiger charge is -2.34. The van der Waals surface area contributed by atoms with Gasteiger partial charge in [0.25, 0.3) is 0 Å². The van der Waals surface area contributed by atoms with Crippen LogP contribution in [-0.4, -0.2) is 24.0 Å². The van der Waals surface area contributed by atoms with Gasteiger partial charge in [-0.15, -0.1) is 0 Å². The van der Waals surface area contributed by atoms with Crippen molar-refractivity contribution >= 4 is 0 Å². The fraction of sp³-hybridized carbons (Fsp3) is 0.846. The van der Waals surface area contributed by atoms with Gasteiger partial charge >= 0.3 is 0 Å². The first-order valence-corrected chi connectivity index (χ1v) is 6.29. The maximum absolute atomic E-state index is 2.64. The van der Waals surface area contributed by atoms with Crippen LogP contribution in [0.15, 0.2) is 12.2 Å². The van der Waals surface area contributed by atoms with Crippen molar-refractivity contribution in [2.75, 3.05) is 13.1 Å². The summed E-state index contributed by atoms with van der Waals surface area (Å²) in [7, 11) is 0. The van der Waals surface area contributed by atoms with Gasteiger partial charge < -0.3 is 0 Å². The van der Waals surface area contributed by atoms with Gasteiger partial charge in [0.1, 0.15) is 0 Å². The summed E-state index contributed by atoms with van der Waals surface area (Å²) >= 11 is 0. The standard InChI is InChI=1S/C13H23N/c1-2-5-12-6-8-13(9-7-12)14-10-3-4-11-14/h3-4,12-13H,2,5-11H2,1H3. The van der Waals surface area contributed by atoms with E-state index in [0.717, 1.165) is 12.0 Å². The Morgan fingerprint density at radius 2 is 1.71 bits per heavy atom. The number of hydrogen-bond donors (Lipinski definition) is 0. The topological polar surface area (TPSA) is 3.24 Å². The van der Waals surface area contributed by atoms with Crippen molar-refractivity contribution < 1.29 is 0 Å². The van der Waals surface area contributed by atoms with Crippen molar-refractivity contribution in [1.29, 1.82) is 0 Å². The van der Waals surface area contributed by atoms with Crippen molar-refractivity contribution in [2.24, 2.45) is 5.92 Å². The zero-order chi connectivity index (χ0) is 9.80. The zero-order valence-corrected chi connectivity index (χ0v) is 9.41. The van der Waals surface area contributed by atoms with E-state index in [2.05, 4.69) is 24.0 Å². The molecule has 80 valence electrons. The summed E-state index contributed by atoms with van der Waals surface area (Å²) in [6.45, 7) is 4.74. The molecule has 0 bridgehead atoms. The van der Waals surface area contributed by atoms with E-state index < -0.39 is 0 Å². The Bertz CT molecular complexity index is 181. The molecular weight excluding hydrogens is 170 g/mol. The first-order valence-electron chi connectivity index (χ1n) is 6.29. The maximum atomic E-state index is 2.64.